The van der Waals surface area contributed by atoms with E-state index in [1.165, 1.54) is 42.2 Å². The molecule has 3 aromatic rings. The second-order valence-corrected chi connectivity index (χ2v) is 31.1. The van der Waals surface area contributed by atoms with Crippen molar-refractivity contribution in [3.8, 4) is 11.1 Å². The topological polar surface area (TPSA) is 20.2 Å². The molecule has 3 aromatic carbocycles. The van der Waals surface area contributed by atoms with E-state index in [0.29, 0.717) is 0 Å². The fraction of sp³-hybridized carbons (Fsp3) is 0.250. The average Bonchev–Trinajstić information content (AvgIpc) is 3.34. The van der Waals surface area contributed by atoms with E-state index in [2.05, 4.69) is 92.7 Å². The van der Waals surface area contributed by atoms with Gasteiger partial charge in [-0.2, -0.15) is 0 Å². The van der Waals surface area contributed by atoms with E-state index >= 15 is 0 Å². The van der Waals surface area contributed by atoms with Crippen molar-refractivity contribution in [1.82, 2.24) is 0 Å². The monoisotopic (exact) mass is 540 g/mol. The van der Waals surface area contributed by atoms with Gasteiger partial charge in [-0.25, -0.2) is 0 Å². The molecular formula is C28H28Cl2OZr. The summed E-state index contributed by atoms with van der Waals surface area (Å²) in [6, 6.07) is 25.8. The molecule has 1 nitrogen and oxygen atoms in total. The number of rotatable bonds is 5. The molecule has 0 bridgehead atoms. The summed E-state index contributed by atoms with van der Waals surface area (Å²) in [4.78, 5) is 0. The first-order valence-electron chi connectivity index (χ1n) is 11.3. The normalized spacial score (nSPS) is 17.6. The minimum atomic E-state index is -4.85. The van der Waals surface area contributed by atoms with Crippen LogP contribution in [0.3, 0.4) is 0 Å². The Morgan fingerprint density at radius 3 is 1.88 bits per heavy atom. The van der Waals surface area contributed by atoms with E-state index in [1.54, 1.807) is 0 Å². The Labute approximate surface area is 198 Å². The predicted molar refractivity (Wildman–Crippen MR) is 135 cm³/mol. The molecule has 0 spiro atoms. The summed E-state index contributed by atoms with van der Waals surface area (Å²) in [6.45, 7) is 4.47. The molecule has 2 aliphatic rings. The van der Waals surface area contributed by atoms with Crippen molar-refractivity contribution < 1.29 is 21.0 Å². The van der Waals surface area contributed by atoms with Crippen LogP contribution in [0, 0.1) is 0 Å². The van der Waals surface area contributed by atoms with Crippen molar-refractivity contribution in [2.75, 3.05) is 6.61 Å². The molecule has 1 N–H and O–H groups in total. The molecule has 0 saturated carbocycles. The Morgan fingerprint density at radius 2 is 1.31 bits per heavy atom. The summed E-state index contributed by atoms with van der Waals surface area (Å²) in [5.74, 6) is 0. The van der Waals surface area contributed by atoms with Crippen LogP contribution in [0.5, 0.6) is 0 Å². The van der Waals surface area contributed by atoms with Crippen LogP contribution in [0.15, 0.2) is 78.4 Å². The Morgan fingerprint density at radius 1 is 0.781 bits per heavy atom. The van der Waals surface area contributed by atoms with Crippen molar-refractivity contribution in [2.45, 2.75) is 33.9 Å². The van der Waals surface area contributed by atoms with Crippen LogP contribution in [-0.4, -0.2) is 14.9 Å². The van der Waals surface area contributed by atoms with E-state index in [-0.39, 0.29) is 13.9 Å². The summed E-state index contributed by atoms with van der Waals surface area (Å²) in [5, 5.41) is 9.60. The third-order valence-electron chi connectivity index (χ3n) is 7.49. The van der Waals surface area contributed by atoms with Crippen LogP contribution in [-0.2, 0) is 15.9 Å². The average molecular weight is 543 g/mol. The van der Waals surface area contributed by atoms with Crippen LogP contribution in [0.2, 0.25) is 0 Å². The summed E-state index contributed by atoms with van der Waals surface area (Å²) in [6.07, 6.45) is 3.81. The second kappa shape index (κ2) is 8.17. The first-order valence-corrected chi connectivity index (χ1v) is 21.7. The number of allylic oxidation sites excluding steroid dienone is 1. The number of halogens is 2. The number of aliphatic hydroxyl groups is 1. The van der Waals surface area contributed by atoms with Crippen LogP contribution < -0.4 is 0 Å². The molecular weight excluding hydrogens is 514 g/mol. The molecule has 32 heavy (non-hydrogen) atoms. The first kappa shape index (κ1) is 22.5. The molecule has 0 radical (unpaired) electrons. The van der Waals surface area contributed by atoms with E-state index in [4.69, 9.17) is 17.0 Å². The van der Waals surface area contributed by atoms with Gasteiger partial charge in [0, 0.05) is 0 Å². The summed E-state index contributed by atoms with van der Waals surface area (Å²) in [5.41, 5.74) is 8.77. The Balaban J connectivity index is 1.83. The maximum absolute atomic E-state index is 9.60. The van der Waals surface area contributed by atoms with Crippen molar-refractivity contribution in [3.05, 3.63) is 101 Å². The van der Waals surface area contributed by atoms with Gasteiger partial charge in [-0.05, 0) is 0 Å². The van der Waals surface area contributed by atoms with E-state index in [0.717, 1.165) is 12.8 Å². The summed E-state index contributed by atoms with van der Waals surface area (Å²) < 4.78 is 1.17. The van der Waals surface area contributed by atoms with Gasteiger partial charge in [0.25, 0.3) is 0 Å². The van der Waals surface area contributed by atoms with Crippen molar-refractivity contribution >= 4 is 26.3 Å². The molecule has 0 saturated heterocycles. The molecule has 1 unspecified atom stereocenters. The van der Waals surface area contributed by atoms with Gasteiger partial charge in [0.15, 0.2) is 0 Å². The number of fused-ring (bicyclic) bond motifs is 4. The molecule has 4 heteroatoms. The predicted octanol–water partition coefficient (Wildman–Crippen LogP) is 7.88. The zero-order valence-electron chi connectivity index (χ0n) is 18.5. The molecule has 0 amide bonds. The quantitative estimate of drug-likeness (QED) is 0.348. The fourth-order valence-corrected chi connectivity index (χ4v) is 23.8. The third kappa shape index (κ3) is 3.14. The molecule has 0 aromatic heterocycles. The van der Waals surface area contributed by atoms with E-state index in [9.17, 15) is 5.11 Å². The fourth-order valence-electron chi connectivity index (χ4n) is 5.98. The van der Waals surface area contributed by atoms with Gasteiger partial charge >= 0.3 is 200 Å². The van der Waals surface area contributed by atoms with Crippen LogP contribution in [0.25, 0.3) is 17.2 Å². The molecule has 2 aliphatic carbocycles. The van der Waals surface area contributed by atoms with E-state index < -0.39 is 15.9 Å². The van der Waals surface area contributed by atoms with E-state index in [1.807, 2.05) is 0 Å². The van der Waals surface area contributed by atoms with Gasteiger partial charge < -0.3 is 0 Å². The Bertz CT molecular complexity index is 1260. The third-order valence-corrected chi connectivity index (χ3v) is 30.2. The molecule has 5 rings (SSSR count). The van der Waals surface area contributed by atoms with Crippen molar-refractivity contribution in [1.29, 1.82) is 0 Å². The Hall–Kier alpha value is -1.31. The summed E-state index contributed by atoms with van der Waals surface area (Å²) in [7, 11) is 16.3. The van der Waals surface area contributed by atoms with Crippen LogP contribution in [0.4, 0.5) is 0 Å². The number of hydrogen-bond acceptors (Lipinski definition) is 1. The minimum absolute atomic E-state index is 0.00302. The van der Waals surface area contributed by atoms with Gasteiger partial charge in [-0.3, -0.25) is 0 Å². The van der Waals surface area contributed by atoms with Crippen LogP contribution >= 0.6 is 17.0 Å². The second-order valence-electron chi connectivity index (χ2n) is 9.37. The molecule has 0 heterocycles. The summed E-state index contributed by atoms with van der Waals surface area (Å²) >= 11 is -4.85. The van der Waals surface area contributed by atoms with Gasteiger partial charge in [-0.1, -0.05) is 0 Å². The Kier molecular flexibility index (Phi) is 5.74. The van der Waals surface area contributed by atoms with Gasteiger partial charge in [-0.15, -0.1) is 0 Å². The zero-order valence-corrected chi connectivity index (χ0v) is 22.5. The van der Waals surface area contributed by atoms with Gasteiger partial charge in [0.2, 0.25) is 0 Å². The first-order chi connectivity index (χ1) is 15.4. The molecule has 0 aliphatic heterocycles. The number of aliphatic hydroxyl groups excluding tert-OH is 1. The van der Waals surface area contributed by atoms with Crippen molar-refractivity contribution in [2.24, 2.45) is 0 Å². The standard InChI is InChI=1S/C13H9.C12H13O.C3H6.2ClH.Zr/c1-3-7-12-10(5-1)9-11-6-2-4-8-13(11)12;13-7-3-4-10-8-11-5-1-2-6-12(11)9-10;1-3-2;;;/h1-9H;1-2,5-6,8-9,13H,3-4,7H2;1-2H3;2*1H;/q;;;;;+2/p-2. The zero-order chi connectivity index (χ0) is 22.5. The SMILES string of the molecule is C[C](C)=[Zr]([Cl])([Cl])([CH]1C(CCCO)=Cc2ccccc21)[CH]1c2ccccc2-c2ccccc21. The molecule has 164 valence electrons. The number of hydrogen-bond donors (Lipinski definition) is 1. The van der Waals surface area contributed by atoms with Gasteiger partial charge in [0.1, 0.15) is 0 Å². The van der Waals surface area contributed by atoms with Crippen LogP contribution in [0.1, 0.15) is 56.2 Å². The van der Waals surface area contributed by atoms with Gasteiger partial charge in [0.05, 0.1) is 0 Å². The molecule has 0 fully saturated rings. The molecule has 1 atom stereocenters. The van der Waals surface area contributed by atoms with Crippen molar-refractivity contribution in [3.63, 3.8) is 0 Å². The maximum atomic E-state index is 9.60. The number of benzene rings is 3.